The maximum absolute atomic E-state index is 13.5. The molecule has 2 aromatic heterocycles. The number of piperidine rings is 1. The van der Waals surface area contributed by atoms with Gasteiger partial charge in [-0.15, -0.1) is 0 Å². The van der Waals surface area contributed by atoms with Crippen LogP contribution in [0.25, 0.3) is 0 Å². The number of anilines is 3. The molecular weight excluding hydrogens is 528 g/mol. The first-order valence-corrected chi connectivity index (χ1v) is 11.5. The first kappa shape index (κ1) is 26.0. The quantitative estimate of drug-likeness (QED) is 0.278. The fourth-order valence-corrected chi connectivity index (χ4v) is 4.25. The highest BCUT2D eigenvalue weighted by molar-refractivity contribution is 6.39. The zero-order valence-electron chi connectivity index (χ0n) is 18.4. The van der Waals surface area contributed by atoms with Crippen molar-refractivity contribution in [3.63, 3.8) is 0 Å². The van der Waals surface area contributed by atoms with Crippen molar-refractivity contribution in [1.82, 2.24) is 15.0 Å². The van der Waals surface area contributed by atoms with Gasteiger partial charge in [0.15, 0.2) is 11.5 Å². The van der Waals surface area contributed by atoms with E-state index >= 15 is 0 Å². The van der Waals surface area contributed by atoms with Crippen LogP contribution in [0.2, 0.25) is 10.0 Å². The first-order valence-electron chi connectivity index (χ1n) is 10.7. The lowest BCUT2D eigenvalue weighted by Crippen LogP contribution is -2.40. The Morgan fingerprint density at radius 2 is 1.69 bits per heavy atom. The van der Waals surface area contributed by atoms with E-state index < -0.39 is 30.6 Å². The van der Waals surface area contributed by atoms with E-state index in [1.807, 2.05) is 0 Å². The van der Waals surface area contributed by atoms with Crippen LogP contribution in [0.1, 0.15) is 34.5 Å². The third kappa shape index (κ3) is 6.19. The molecule has 36 heavy (non-hydrogen) atoms. The number of pyridine rings is 1. The number of hydrogen-bond acceptors (Lipinski definition) is 6. The van der Waals surface area contributed by atoms with E-state index in [0.717, 1.165) is 0 Å². The van der Waals surface area contributed by atoms with E-state index in [9.17, 15) is 26.7 Å². The summed E-state index contributed by atoms with van der Waals surface area (Å²) in [4.78, 5) is 25.7. The van der Waals surface area contributed by atoms with E-state index in [0.29, 0.717) is 11.6 Å². The Morgan fingerprint density at radius 1 is 1.03 bits per heavy atom. The highest BCUT2D eigenvalue weighted by atomic mass is 35.5. The summed E-state index contributed by atoms with van der Waals surface area (Å²) in [5.74, 6) is -3.66. The summed E-state index contributed by atoms with van der Waals surface area (Å²) in [5.41, 5.74) is -0.571. The number of carbonyl (C=O) groups is 1. The SMILES string of the molecule is O=C(Cc1ccnc(Nc2cc(C(F)(F)F)nc(N3CCC(F)(F)CC3)n2)c1)c1c(Cl)cccc1Cl. The van der Waals surface area contributed by atoms with Crippen LogP contribution in [-0.4, -0.2) is 39.7 Å². The van der Waals surface area contributed by atoms with Crippen LogP contribution in [0.15, 0.2) is 42.6 Å². The highest BCUT2D eigenvalue weighted by Crippen LogP contribution is 2.34. The number of alkyl halides is 5. The summed E-state index contributed by atoms with van der Waals surface area (Å²) in [7, 11) is 0. The molecule has 1 aromatic carbocycles. The Balaban J connectivity index is 1.57. The maximum Gasteiger partial charge on any atom is 0.433 e. The lowest BCUT2D eigenvalue weighted by atomic mass is 10.0. The monoisotopic (exact) mass is 545 g/mol. The second kappa shape index (κ2) is 10.1. The van der Waals surface area contributed by atoms with E-state index in [4.69, 9.17) is 23.2 Å². The van der Waals surface area contributed by atoms with Gasteiger partial charge in [0.05, 0.1) is 15.6 Å². The smallest absolute Gasteiger partial charge is 0.340 e. The summed E-state index contributed by atoms with van der Waals surface area (Å²) < 4.78 is 67.4. The summed E-state index contributed by atoms with van der Waals surface area (Å²) in [6.07, 6.45) is -4.53. The Morgan fingerprint density at radius 3 is 2.33 bits per heavy atom. The van der Waals surface area contributed by atoms with Gasteiger partial charge in [0.25, 0.3) is 5.92 Å². The third-order valence-electron chi connectivity index (χ3n) is 5.47. The molecule has 3 heterocycles. The van der Waals surface area contributed by atoms with Gasteiger partial charge >= 0.3 is 6.18 Å². The predicted molar refractivity (Wildman–Crippen MR) is 125 cm³/mol. The molecule has 1 aliphatic rings. The number of ketones is 1. The Labute approximate surface area is 212 Å². The number of nitrogens with one attached hydrogen (secondary N) is 1. The minimum atomic E-state index is -4.79. The Bertz CT molecular complexity index is 1260. The highest BCUT2D eigenvalue weighted by Gasteiger charge is 2.37. The molecule has 0 unspecified atom stereocenters. The number of carbonyl (C=O) groups excluding carboxylic acids is 1. The van der Waals surface area contributed by atoms with Crippen LogP contribution in [0.3, 0.4) is 0 Å². The van der Waals surface area contributed by atoms with Crippen molar-refractivity contribution in [3.8, 4) is 0 Å². The average molecular weight is 546 g/mol. The predicted octanol–water partition coefficient (Wildman–Crippen LogP) is 6.60. The van der Waals surface area contributed by atoms with Gasteiger partial charge in [-0.2, -0.15) is 18.2 Å². The number of rotatable bonds is 6. The number of nitrogens with zero attached hydrogens (tertiary/aromatic N) is 4. The van der Waals surface area contributed by atoms with Gasteiger partial charge in [-0.3, -0.25) is 4.79 Å². The van der Waals surface area contributed by atoms with Crippen LogP contribution >= 0.6 is 23.2 Å². The van der Waals surface area contributed by atoms with Crippen molar-refractivity contribution < 1.29 is 26.7 Å². The van der Waals surface area contributed by atoms with Gasteiger partial charge in [0.1, 0.15) is 11.6 Å². The zero-order chi connectivity index (χ0) is 26.1. The van der Waals surface area contributed by atoms with Gasteiger partial charge in [0, 0.05) is 44.6 Å². The molecule has 1 aliphatic heterocycles. The molecule has 0 radical (unpaired) electrons. The number of benzene rings is 1. The summed E-state index contributed by atoms with van der Waals surface area (Å²) in [6, 6.07) is 8.41. The number of Topliss-reactive ketones (excluding diaryl/α,β-unsaturated/α-hetero) is 1. The molecule has 1 saturated heterocycles. The van der Waals surface area contributed by atoms with E-state index in [2.05, 4.69) is 20.3 Å². The number of hydrogen-bond donors (Lipinski definition) is 1. The average Bonchev–Trinajstić information content (AvgIpc) is 2.78. The fourth-order valence-electron chi connectivity index (χ4n) is 3.64. The van der Waals surface area contributed by atoms with Crippen molar-refractivity contribution in [1.29, 1.82) is 0 Å². The number of aromatic nitrogens is 3. The fraction of sp³-hybridized carbons (Fsp3) is 0.304. The van der Waals surface area contributed by atoms with Gasteiger partial charge in [-0.05, 0) is 29.8 Å². The molecule has 0 saturated carbocycles. The molecule has 1 fully saturated rings. The molecule has 6 nitrogen and oxygen atoms in total. The first-order chi connectivity index (χ1) is 16.9. The molecular formula is C23H18Cl2F5N5O. The second-order valence-corrected chi connectivity index (χ2v) is 8.96. The molecule has 4 rings (SSSR count). The van der Waals surface area contributed by atoms with Gasteiger partial charge in [-0.1, -0.05) is 29.3 Å². The molecule has 3 aromatic rings. The van der Waals surface area contributed by atoms with Crippen molar-refractivity contribution in [2.45, 2.75) is 31.4 Å². The standard InChI is InChI=1S/C23H18Cl2F5N5O/c24-14-2-1-3-15(25)20(14)16(36)10-13-4-7-31-18(11-13)33-19-12-17(23(28,29)30)32-21(34-19)35-8-5-22(26,27)6-9-35/h1-4,7,11-12H,5-6,8-10H2,(H,31,32,33,34). The van der Waals surface area contributed by atoms with Crippen LogP contribution in [0.4, 0.5) is 39.5 Å². The van der Waals surface area contributed by atoms with Gasteiger partial charge in [0.2, 0.25) is 5.95 Å². The van der Waals surface area contributed by atoms with Crippen LogP contribution in [-0.2, 0) is 12.6 Å². The Hall–Kier alpha value is -3.05. The molecule has 190 valence electrons. The summed E-state index contributed by atoms with van der Waals surface area (Å²) in [5, 5.41) is 3.08. The maximum atomic E-state index is 13.5. The van der Waals surface area contributed by atoms with Gasteiger partial charge in [-0.25, -0.2) is 18.7 Å². The van der Waals surface area contributed by atoms with E-state index in [1.165, 1.54) is 29.3 Å². The molecule has 0 atom stereocenters. The normalized spacial score (nSPS) is 15.6. The Kier molecular flexibility index (Phi) is 7.33. The third-order valence-corrected chi connectivity index (χ3v) is 6.10. The lowest BCUT2D eigenvalue weighted by molar-refractivity contribution is -0.141. The van der Waals surface area contributed by atoms with Crippen LogP contribution in [0.5, 0.6) is 0 Å². The van der Waals surface area contributed by atoms with E-state index in [1.54, 1.807) is 12.1 Å². The zero-order valence-corrected chi connectivity index (χ0v) is 19.9. The van der Waals surface area contributed by atoms with Crippen molar-refractivity contribution in [3.05, 3.63) is 69.5 Å². The largest absolute Gasteiger partial charge is 0.433 e. The molecule has 1 N–H and O–H groups in total. The van der Waals surface area contributed by atoms with Crippen LogP contribution in [0, 0.1) is 0 Å². The van der Waals surface area contributed by atoms with E-state index in [-0.39, 0.29) is 58.5 Å². The second-order valence-electron chi connectivity index (χ2n) is 8.15. The minimum Gasteiger partial charge on any atom is -0.340 e. The molecule has 0 aliphatic carbocycles. The van der Waals surface area contributed by atoms with Crippen molar-refractivity contribution >= 4 is 46.6 Å². The summed E-state index contributed by atoms with van der Waals surface area (Å²) >= 11 is 12.2. The van der Waals surface area contributed by atoms with Gasteiger partial charge < -0.3 is 10.2 Å². The van der Waals surface area contributed by atoms with Crippen LogP contribution < -0.4 is 10.2 Å². The minimum absolute atomic E-state index is 0.0918. The molecule has 0 bridgehead atoms. The van der Waals surface area contributed by atoms with Crippen molar-refractivity contribution in [2.24, 2.45) is 0 Å². The molecule has 13 heteroatoms. The molecule has 0 amide bonds. The lowest BCUT2D eigenvalue weighted by Gasteiger charge is -2.32. The molecule has 0 spiro atoms. The van der Waals surface area contributed by atoms with Crippen molar-refractivity contribution in [2.75, 3.05) is 23.3 Å². The summed E-state index contributed by atoms with van der Waals surface area (Å²) in [6.45, 7) is -0.373. The topological polar surface area (TPSA) is 71.0 Å². The number of halogens is 7.